The lowest BCUT2D eigenvalue weighted by Crippen LogP contribution is -2.35. The zero-order chi connectivity index (χ0) is 13.4. The van der Waals surface area contributed by atoms with Crippen molar-refractivity contribution < 1.29 is 9.59 Å². The van der Waals surface area contributed by atoms with Gasteiger partial charge in [-0.05, 0) is 13.3 Å². The van der Waals surface area contributed by atoms with Crippen molar-refractivity contribution in [1.82, 2.24) is 15.5 Å². The molecule has 0 saturated heterocycles. The van der Waals surface area contributed by atoms with E-state index >= 15 is 0 Å². The summed E-state index contributed by atoms with van der Waals surface area (Å²) in [7, 11) is 0. The van der Waals surface area contributed by atoms with Crippen molar-refractivity contribution in [3.8, 4) is 0 Å². The molecule has 0 aromatic carbocycles. The summed E-state index contributed by atoms with van der Waals surface area (Å²) in [6.45, 7) is 4.43. The number of rotatable bonds is 6. The number of carbonyl (C=O) groups is 2. The summed E-state index contributed by atoms with van der Waals surface area (Å²) < 4.78 is 0. The fourth-order valence-corrected chi connectivity index (χ4v) is 1.92. The van der Waals surface area contributed by atoms with E-state index in [0.29, 0.717) is 11.7 Å². The second-order valence-corrected chi connectivity index (χ2v) is 5.08. The molecule has 0 aliphatic rings. The van der Waals surface area contributed by atoms with E-state index in [1.807, 2.05) is 0 Å². The van der Waals surface area contributed by atoms with Gasteiger partial charge >= 0.3 is 11.8 Å². The highest BCUT2D eigenvalue weighted by Gasteiger charge is 2.14. The molecular weight excluding hydrogens is 252 g/mol. The van der Waals surface area contributed by atoms with E-state index in [1.54, 1.807) is 6.92 Å². The van der Waals surface area contributed by atoms with Gasteiger partial charge in [0.15, 0.2) is 0 Å². The van der Waals surface area contributed by atoms with Gasteiger partial charge in [0.1, 0.15) is 5.01 Å². The van der Waals surface area contributed by atoms with E-state index in [-0.39, 0.29) is 0 Å². The molecule has 2 N–H and O–H groups in total. The zero-order valence-corrected chi connectivity index (χ0v) is 11.5. The summed E-state index contributed by atoms with van der Waals surface area (Å²) >= 11 is 1.23. The summed E-state index contributed by atoms with van der Waals surface area (Å²) in [6, 6.07) is 0. The Morgan fingerprint density at radius 1 is 1.17 bits per heavy atom. The molecule has 6 nitrogen and oxygen atoms in total. The van der Waals surface area contributed by atoms with Crippen molar-refractivity contribution in [2.75, 3.05) is 11.9 Å². The molecule has 1 heterocycles. The van der Waals surface area contributed by atoms with Crippen LogP contribution < -0.4 is 10.6 Å². The van der Waals surface area contributed by atoms with Crippen LogP contribution in [0.4, 0.5) is 5.13 Å². The van der Waals surface area contributed by atoms with E-state index in [0.717, 1.165) is 30.7 Å². The van der Waals surface area contributed by atoms with Crippen molar-refractivity contribution in [2.45, 2.75) is 39.5 Å². The predicted octanol–water partition coefficient (Wildman–Crippen LogP) is 1.48. The smallest absolute Gasteiger partial charge is 0.315 e. The fourth-order valence-electron chi connectivity index (χ4n) is 1.33. The molecule has 1 rings (SSSR count). The molecule has 1 aromatic rings. The minimum Gasteiger partial charge on any atom is -0.348 e. The summed E-state index contributed by atoms with van der Waals surface area (Å²) in [4.78, 5) is 22.9. The minimum absolute atomic E-state index is 0.346. The van der Waals surface area contributed by atoms with Gasteiger partial charge in [0, 0.05) is 6.54 Å². The van der Waals surface area contributed by atoms with Crippen LogP contribution in [0.3, 0.4) is 0 Å². The average Bonchev–Trinajstić information content (AvgIpc) is 2.74. The first-order chi connectivity index (χ1) is 8.63. The number of anilines is 1. The van der Waals surface area contributed by atoms with Gasteiger partial charge in [-0.15, -0.1) is 10.2 Å². The van der Waals surface area contributed by atoms with Crippen LogP contribution in [0.1, 0.15) is 37.6 Å². The zero-order valence-electron chi connectivity index (χ0n) is 10.7. The molecular formula is C11H18N4O2S. The van der Waals surface area contributed by atoms with Gasteiger partial charge in [0.25, 0.3) is 0 Å². The first-order valence-electron chi connectivity index (χ1n) is 6.02. The highest BCUT2D eigenvalue weighted by Crippen LogP contribution is 2.13. The minimum atomic E-state index is -0.693. The highest BCUT2D eigenvalue weighted by atomic mass is 32.1. The number of hydrogen-bond donors (Lipinski definition) is 2. The number of hydrogen-bond acceptors (Lipinski definition) is 5. The number of nitrogens with zero attached hydrogens (tertiary/aromatic N) is 2. The van der Waals surface area contributed by atoms with Gasteiger partial charge in [0.2, 0.25) is 5.13 Å². The molecule has 0 spiro atoms. The summed E-state index contributed by atoms with van der Waals surface area (Å²) in [5, 5.41) is 13.5. The Bertz CT molecular complexity index is 406. The monoisotopic (exact) mass is 270 g/mol. The van der Waals surface area contributed by atoms with Crippen molar-refractivity contribution in [1.29, 1.82) is 0 Å². The van der Waals surface area contributed by atoms with Crippen molar-refractivity contribution in [2.24, 2.45) is 0 Å². The molecule has 0 unspecified atom stereocenters. The standard InChI is InChI=1S/C11H18N4O2S/c1-3-4-5-6-7-12-9(16)10(17)13-11-15-14-8(2)18-11/h3-7H2,1-2H3,(H,12,16)(H,13,15,17). The summed E-state index contributed by atoms with van der Waals surface area (Å²) in [5.74, 6) is -1.32. The number of carbonyl (C=O) groups excluding carboxylic acids is 2. The predicted molar refractivity (Wildman–Crippen MR) is 70.4 cm³/mol. The van der Waals surface area contributed by atoms with Gasteiger partial charge in [-0.3, -0.25) is 14.9 Å². The van der Waals surface area contributed by atoms with Gasteiger partial charge in [-0.1, -0.05) is 37.5 Å². The molecule has 7 heteroatoms. The Kier molecular flexibility index (Phi) is 6.27. The normalized spacial score (nSPS) is 10.1. The number of unbranched alkanes of at least 4 members (excludes halogenated alkanes) is 3. The number of amides is 2. The first-order valence-corrected chi connectivity index (χ1v) is 6.84. The Morgan fingerprint density at radius 3 is 2.56 bits per heavy atom. The van der Waals surface area contributed by atoms with Crippen molar-refractivity contribution in [3.63, 3.8) is 0 Å². The molecule has 0 radical (unpaired) electrons. The highest BCUT2D eigenvalue weighted by molar-refractivity contribution is 7.15. The number of aryl methyl sites for hydroxylation is 1. The van der Waals surface area contributed by atoms with Crippen LogP contribution in [0.25, 0.3) is 0 Å². The number of nitrogens with one attached hydrogen (secondary N) is 2. The average molecular weight is 270 g/mol. The van der Waals surface area contributed by atoms with E-state index in [2.05, 4.69) is 27.8 Å². The maximum absolute atomic E-state index is 11.5. The molecule has 0 bridgehead atoms. The summed E-state index contributed by atoms with van der Waals surface area (Å²) in [5.41, 5.74) is 0. The Hall–Kier alpha value is -1.50. The molecule has 0 fully saturated rings. The van der Waals surface area contributed by atoms with E-state index < -0.39 is 11.8 Å². The second kappa shape index (κ2) is 7.75. The summed E-state index contributed by atoms with van der Waals surface area (Å²) in [6.07, 6.45) is 4.25. The lowest BCUT2D eigenvalue weighted by atomic mass is 10.2. The van der Waals surface area contributed by atoms with Gasteiger partial charge in [-0.25, -0.2) is 0 Å². The van der Waals surface area contributed by atoms with Crippen LogP contribution in [0.2, 0.25) is 0 Å². The first kappa shape index (κ1) is 14.6. The largest absolute Gasteiger partial charge is 0.348 e. The van der Waals surface area contributed by atoms with E-state index in [1.165, 1.54) is 11.3 Å². The Morgan fingerprint density at radius 2 is 1.94 bits per heavy atom. The van der Waals surface area contributed by atoms with Crippen LogP contribution in [0.15, 0.2) is 0 Å². The topological polar surface area (TPSA) is 84.0 Å². The quantitative estimate of drug-likeness (QED) is 0.606. The van der Waals surface area contributed by atoms with Gasteiger partial charge in [0.05, 0.1) is 0 Å². The Labute approximate surface area is 110 Å². The van der Waals surface area contributed by atoms with Crippen molar-refractivity contribution in [3.05, 3.63) is 5.01 Å². The molecule has 0 atom stereocenters. The molecule has 0 aliphatic heterocycles. The molecule has 18 heavy (non-hydrogen) atoms. The SMILES string of the molecule is CCCCCCNC(=O)C(=O)Nc1nnc(C)s1. The molecule has 0 saturated carbocycles. The second-order valence-electron chi connectivity index (χ2n) is 3.90. The maximum atomic E-state index is 11.5. The maximum Gasteiger partial charge on any atom is 0.315 e. The fraction of sp³-hybridized carbons (Fsp3) is 0.636. The third-order valence-electron chi connectivity index (χ3n) is 2.27. The van der Waals surface area contributed by atoms with Gasteiger partial charge in [-0.2, -0.15) is 0 Å². The van der Waals surface area contributed by atoms with Crippen LogP contribution in [-0.4, -0.2) is 28.6 Å². The Balaban J connectivity index is 2.23. The lowest BCUT2D eigenvalue weighted by Gasteiger charge is -2.03. The molecule has 0 aliphatic carbocycles. The third-order valence-corrected chi connectivity index (χ3v) is 3.02. The van der Waals surface area contributed by atoms with Crippen LogP contribution >= 0.6 is 11.3 Å². The van der Waals surface area contributed by atoms with E-state index in [4.69, 9.17) is 0 Å². The molecule has 100 valence electrons. The van der Waals surface area contributed by atoms with Gasteiger partial charge < -0.3 is 5.32 Å². The molecule has 2 amide bonds. The third kappa shape index (κ3) is 5.22. The molecule has 1 aromatic heterocycles. The van der Waals surface area contributed by atoms with Crippen LogP contribution in [-0.2, 0) is 9.59 Å². The lowest BCUT2D eigenvalue weighted by molar-refractivity contribution is -0.136. The van der Waals surface area contributed by atoms with Crippen molar-refractivity contribution >= 4 is 28.3 Å². The number of aromatic nitrogens is 2. The van der Waals surface area contributed by atoms with Crippen LogP contribution in [0.5, 0.6) is 0 Å². The van der Waals surface area contributed by atoms with E-state index in [9.17, 15) is 9.59 Å². The van der Waals surface area contributed by atoms with Crippen LogP contribution in [0, 0.1) is 6.92 Å².